The number of aryl methyl sites for hydroxylation is 4. The number of benzene rings is 4. The molecule has 0 saturated carbocycles. The van der Waals surface area contributed by atoms with Gasteiger partial charge in [-0.15, -0.1) is 0 Å². The standard InChI is InChI=1S/C18H15N3O2.C10H9ClN2.C8H9NO2.2C2H6.C2H.4H2O/c1-10-7-13-15(8-11(10)2)19-9-20-18(13)21-14-3-4-16(22)12-5-6-23-17(12)14;1-6-3-8-9(4-7(6)2)12-5-13-10(8)11;9-6-1-2-7(10)5-3-4-11-8(5)6;3*1-2;;;;/h3-9,22H,1-2H3,(H,19,20,21);3-5H,1-2H3;1-2,10H,3-4,9H2;2*1-2H3;1H;4*1H2/q;;;;;-1;;;;. The summed E-state index contributed by atoms with van der Waals surface area (Å²) in [6, 6.07) is 16.6. The molecule has 0 aliphatic carbocycles. The lowest BCUT2D eigenvalue weighted by atomic mass is 10.1. The van der Waals surface area contributed by atoms with Gasteiger partial charge in [-0.2, -0.15) is 0 Å². The number of aromatic hydroxyl groups is 2. The zero-order valence-electron chi connectivity index (χ0n) is 33.4. The normalized spacial score (nSPS) is 9.95. The van der Waals surface area contributed by atoms with Gasteiger partial charge >= 0.3 is 0 Å². The Morgan fingerprint density at radius 3 is 1.82 bits per heavy atom. The van der Waals surface area contributed by atoms with E-state index < -0.39 is 0 Å². The third kappa shape index (κ3) is 12.4. The molecule has 0 atom stereocenters. The van der Waals surface area contributed by atoms with Gasteiger partial charge in [0.2, 0.25) is 0 Å². The molecule has 0 radical (unpaired) electrons. The Kier molecular flexibility index (Phi) is 23.2. The Hall–Kier alpha value is -6.21. The zero-order chi connectivity index (χ0) is 39.2. The van der Waals surface area contributed by atoms with Gasteiger partial charge in [-0.1, -0.05) is 39.3 Å². The van der Waals surface area contributed by atoms with Crippen molar-refractivity contribution in [1.82, 2.24) is 19.9 Å². The molecule has 8 rings (SSSR count). The monoisotopic (exact) mass is 805 g/mol. The van der Waals surface area contributed by atoms with Gasteiger partial charge in [0.1, 0.15) is 40.9 Å². The van der Waals surface area contributed by atoms with E-state index in [1.807, 2.05) is 39.8 Å². The van der Waals surface area contributed by atoms with Gasteiger partial charge in [-0.3, -0.25) is 0 Å². The highest BCUT2D eigenvalue weighted by Crippen LogP contribution is 2.37. The molecule has 4 aromatic carbocycles. The largest absolute Gasteiger partial charge is 0.697 e. The van der Waals surface area contributed by atoms with E-state index in [0.717, 1.165) is 39.5 Å². The Morgan fingerprint density at radius 2 is 1.23 bits per heavy atom. The lowest BCUT2D eigenvalue weighted by molar-refractivity contribution is 0.358. The number of nitrogens with one attached hydrogen (secondary N) is 1. The minimum Gasteiger partial charge on any atom is -0.697 e. The molecule has 4 heterocycles. The molecular formula is C42H54ClN6O8-. The van der Waals surface area contributed by atoms with Gasteiger partial charge in [0.25, 0.3) is 0 Å². The Bertz CT molecular complexity index is 2300. The van der Waals surface area contributed by atoms with Gasteiger partial charge in [-0.05, 0) is 105 Å². The van der Waals surface area contributed by atoms with Gasteiger partial charge < -0.3 is 65.2 Å². The predicted molar refractivity (Wildman–Crippen MR) is 231 cm³/mol. The number of hydrogen-bond acceptors (Lipinski definition) is 10. The van der Waals surface area contributed by atoms with Crippen molar-refractivity contribution in [2.75, 3.05) is 17.7 Å². The molecule has 0 saturated heterocycles. The minimum absolute atomic E-state index is 0. The highest BCUT2D eigenvalue weighted by atomic mass is 35.5. The smallest absolute Gasteiger partial charge is 0.161 e. The molecule has 0 amide bonds. The molecule has 0 unspecified atom stereocenters. The number of nitrogens with zero attached hydrogens (tertiary/aromatic N) is 4. The van der Waals surface area contributed by atoms with E-state index in [1.165, 1.54) is 28.6 Å². The maximum absolute atomic E-state index is 9.88. The first-order valence-corrected chi connectivity index (χ1v) is 17.6. The predicted octanol–water partition coefficient (Wildman–Crippen LogP) is 7.21. The molecule has 0 bridgehead atoms. The summed E-state index contributed by atoms with van der Waals surface area (Å²) in [7, 11) is 0. The van der Waals surface area contributed by atoms with Gasteiger partial charge in [0.05, 0.1) is 40.7 Å². The Balaban J connectivity index is 0. The van der Waals surface area contributed by atoms with Crippen LogP contribution in [0.5, 0.6) is 17.2 Å². The van der Waals surface area contributed by atoms with Crippen molar-refractivity contribution < 1.29 is 41.3 Å². The SMILES string of the molecule is CC.CC.Cc1cc2ncnc(Cl)c2cc1C.Cc1cc2ncnc(Nc3ccc(O)c4ccoc34)c2cc1C.Nc1ccc(O)c2c1OCC2.O.O.O.O.[C-]#C. The van der Waals surface area contributed by atoms with Crippen LogP contribution in [0.2, 0.25) is 5.15 Å². The fourth-order valence-corrected chi connectivity index (χ4v) is 5.47. The highest BCUT2D eigenvalue weighted by molar-refractivity contribution is 6.34. The van der Waals surface area contributed by atoms with Crippen molar-refractivity contribution in [2.24, 2.45) is 0 Å². The van der Waals surface area contributed by atoms with Crippen molar-refractivity contribution in [1.29, 1.82) is 0 Å². The summed E-state index contributed by atoms with van der Waals surface area (Å²) in [5.41, 5.74) is 15.0. The van der Waals surface area contributed by atoms with E-state index in [-0.39, 0.29) is 33.4 Å². The minimum atomic E-state index is 0. The summed E-state index contributed by atoms with van der Waals surface area (Å²) in [5.74, 6) is 1.84. The van der Waals surface area contributed by atoms with Gasteiger partial charge in [-0.25, -0.2) is 19.9 Å². The maximum atomic E-state index is 9.88. The van der Waals surface area contributed by atoms with E-state index in [9.17, 15) is 10.2 Å². The first-order valence-electron chi connectivity index (χ1n) is 17.2. The second kappa shape index (κ2) is 25.0. The fourth-order valence-electron chi connectivity index (χ4n) is 5.28. The summed E-state index contributed by atoms with van der Waals surface area (Å²) >= 11 is 5.93. The highest BCUT2D eigenvalue weighted by Gasteiger charge is 2.18. The average Bonchev–Trinajstić information content (AvgIpc) is 3.89. The Morgan fingerprint density at radius 1 is 0.702 bits per heavy atom. The van der Waals surface area contributed by atoms with Crippen molar-refractivity contribution in [2.45, 2.75) is 61.8 Å². The molecular weight excluding hydrogens is 752 g/mol. The molecule has 308 valence electrons. The van der Waals surface area contributed by atoms with Crippen LogP contribution in [0.15, 0.2) is 77.9 Å². The number of rotatable bonds is 2. The van der Waals surface area contributed by atoms with E-state index in [0.29, 0.717) is 40.0 Å². The third-order valence-electron chi connectivity index (χ3n) is 8.16. The number of aromatic nitrogens is 4. The summed E-state index contributed by atoms with van der Waals surface area (Å²) in [4.78, 5) is 16.8. The molecule has 0 fully saturated rings. The van der Waals surface area contributed by atoms with E-state index in [2.05, 4.69) is 71.5 Å². The molecule has 15 heteroatoms. The number of anilines is 3. The number of furan rings is 1. The van der Waals surface area contributed by atoms with E-state index in [4.69, 9.17) is 32.9 Å². The zero-order valence-corrected chi connectivity index (χ0v) is 34.1. The van der Waals surface area contributed by atoms with Crippen molar-refractivity contribution >= 4 is 61.6 Å². The second-order valence-electron chi connectivity index (χ2n) is 11.3. The van der Waals surface area contributed by atoms with E-state index in [1.54, 1.807) is 42.9 Å². The van der Waals surface area contributed by atoms with Gasteiger partial charge in [0, 0.05) is 22.8 Å². The summed E-state index contributed by atoms with van der Waals surface area (Å²) in [5, 5.41) is 25.5. The number of hydrogen-bond donors (Lipinski definition) is 4. The number of fused-ring (bicyclic) bond motifs is 4. The van der Waals surface area contributed by atoms with Gasteiger partial charge in [0.15, 0.2) is 5.58 Å². The average molecular weight is 806 g/mol. The molecule has 3 aromatic heterocycles. The number of nitrogen functional groups attached to an aromatic ring is 1. The number of nitrogens with two attached hydrogens (primary N) is 1. The molecule has 57 heavy (non-hydrogen) atoms. The first kappa shape index (κ1) is 52.9. The number of ether oxygens (including phenoxy) is 1. The van der Waals surface area contributed by atoms with Crippen LogP contribution in [0.1, 0.15) is 55.5 Å². The molecule has 0 spiro atoms. The number of halogens is 1. The van der Waals surface area contributed by atoms with Crippen molar-refractivity contribution in [3.05, 3.63) is 113 Å². The molecule has 1 aliphatic heterocycles. The molecule has 13 N–H and O–H groups in total. The summed E-state index contributed by atoms with van der Waals surface area (Å²) in [6.45, 7) is 16.9. The van der Waals surface area contributed by atoms with Crippen molar-refractivity contribution in [3.8, 4) is 23.7 Å². The summed E-state index contributed by atoms with van der Waals surface area (Å²) < 4.78 is 10.7. The van der Waals surface area contributed by atoms with E-state index >= 15 is 0 Å². The first-order chi connectivity index (χ1) is 25.6. The topological polar surface area (TPSA) is 278 Å². The van der Waals surface area contributed by atoms with Crippen LogP contribution in [0.4, 0.5) is 17.2 Å². The molecule has 1 aliphatic rings. The number of terminal acetylenes is 1. The summed E-state index contributed by atoms with van der Waals surface area (Å²) in [6.07, 6.45) is 14.3. The maximum Gasteiger partial charge on any atom is 0.161 e. The van der Waals surface area contributed by atoms with Crippen molar-refractivity contribution in [3.63, 3.8) is 0 Å². The quantitative estimate of drug-likeness (QED) is 0.0448. The molecule has 7 aromatic rings. The fraction of sp³-hybridized carbons (Fsp3) is 0.238. The van der Waals surface area contributed by atoms with Crippen LogP contribution in [0, 0.1) is 40.5 Å². The number of phenolic OH excluding ortho intramolecular Hbond substituents is 2. The van der Waals surface area contributed by atoms with Crippen LogP contribution in [0.3, 0.4) is 0 Å². The van der Waals surface area contributed by atoms with Crippen LogP contribution in [-0.2, 0) is 6.42 Å². The van der Waals surface area contributed by atoms with Crippen LogP contribution >= 0.6 is 11.6 Å². The molecule has 14 nitrogen and oxygen atoms in total. The van der Waals surface area contributed by atoms with Crippen LogP contribution in [0.25, 0.3) is 32.8 Å². The number of phenols is 2. The third-order valence-corrected chi connectivity index (χ3v) is 8.47. The lowest BCUT2D eigenvalue weighted by Gasteiger charge is -2.10. The second-order valence-corrected chi connectivity index (χ2v) is 11.7. The Labute approximate surface area is 338 Å². The lowest BCUT2D eigenvalue weighted by Crippen LogP contribution is -1.97. The van der Waals surface area contributed by atoms with Crippen LogP contribution in [-0.4, -0.2) is 58.7 Å². The van der Waals surface area contributed by atoms with Crippen LogP contribution < -0.4 is 15.8 Å².